The SMILES string of the molecule is CCC1CCC(NC(=O)c2nn[nH]n2)C1C. The van der Waals surface area contributed by atoms with Crippen LogP contribution in [0.3, 0.4) is 0 Å². The van der Waals surface area contributed by atoms with Crippen molar-refractivity contribution in [3.63, 3.8) is 0 Å². The highest BCUT2D eigenvalue weighted by Gasteiger charge is 2.33. The highest BCUT2D eigenvalue weighted by atomic mass is 16.2. The van der Waals surface area contributed by atoms with Crippen LogP contribution in [0.1, 0.15) is 43.7 Å². The van der Waals surface area contributed by atoms with Crippen molar-refractivity contribution < 1.29 is 4.79 Å². The number of hydrogen-bond donors (Lipinski definition) is 2. The topological polar surface area (TPSA) is 83.6 Å². The fourth-order valence-corrected chi connectivity index (χ4v) is 2.52. The Hall–Kier alpha value is -1.46. The first-order valence-electron chi connectivity index (χ1n) is 5.76. The van der Waals surface area contributed by atoms with Gasteiger partial charge >= 0.3 is 0 Å². The summed E-state index contributed by atoms with van der Waals surface area (Å²) < 4.78 is 0. The number of carbonyl (C=O) groups is 1. The molecule has 0 aliphatic heterocycles. The second kappa shape index (κ2) is 4.59. The van der Waals surface area contributed by atoms with Crippen LogP contribution in [0.15, 0.2) is 0 Å². The number of aromatic nitrogens is 4. The molecule has 1 aromatic heterocycles. The summed E-state index contributed by atoms with van der Waals surface area (Å²) in [6.45, 7) is 4.40. The predicted molar refractivity (Wildman–Crippen MR) is 57.6 cm³/mol. The van der Waals surface area contributed by atoms with E-state index in [-0.39, 0.29) is 17.8 Å². The van der Waals surface area contributed by atoms with Crippen molar-refractivity contribution in [2.75, 3.05) is 0 Å². The van der Waals surface area contributed by atoms with E-state index in [4.69, 9.17) is 0 Å². The first-order chi connectivity index (χ1) is 7.72. The standard InChI is InChI=1S/C10H17N5O/c1-3-7-4-5-8(6(7)2)11-10(16)9-12-14-15-13-9/h6-8H,3-5H2,1-2H3,(H,11,16)(H,12,13,14,15). The molecule has 1 heterocycles. The van der Waals surface area contributed by atoms with Crippen molar-refractivity contribution in [3.8, 4) is 0 Å². The maximum Gasteiger partial charge on any atom is 0.293 e. The van der Waals surface area contributed by atoms with Crippen LogP contribution < -0.4 is 5.32 Å². The van der Waals surface area contributed by atoms with Gasteiger partial charge in [-0.25, -0.2) is 0 Å². The largest absolute Gasteiger partial charge is 0.346 e. The van der Waals surface area contributed by atoms with E-state index in [9.17, 15) is 4.79 Å². The minimum absolute atomic E-state index is 0.118. The number of hydrogen-bond acceptors (Lipinski definition) is 4. The van der Waals surface area contributed by atoms with Crippen LogP contribution in [0.4, 0.5) is 0 Å². The summed E-state index contributed by atoms with van der Waals surface area (Å²) in [5.74, 6) is 1.13. The number of nitrogens with zero attached hydrogens (tertiary/aromatic N) is 3. The Morgan fingerprint density at radius 2 is 2.38 bits per heavy atom. The van der Waals surface area contributed by atoms with Crippen molar-refractivity contribution in [2.45, 2.75) is 39.2 Å². The Balaban J connectivity index is 1.94. The molecule has 1 fully saturated rings. The lowest BCUT2D eigenvalue weighted by atomic mass is 9.93. The second-order valence-electron chi connectivity index (χ2n) is 4.42. The van der Waals surface area contributed by atoms with Gasteiger partial charge in [0.05, 0.1) is 0 Å². The molecule has 0 radical (unpaired) electrons. The molecule has 1 saturated carbocycles. The minimum Gasteiger partial charge on any atom is -0.346 e. The van der Waals surface area contributed by atoms with Gasteiger partial charge in [-0.3, -0.25) is 4.79 Å². The van der Waals surface area contributed by atoms with Crippen LogP contribution in [0.5, 0.6) is 0 Å². The molecule has 3 unspecified atom stereocenters. The molecule has 1 aliphatic carbocycles. The van der Waals surface area contributed by atoms with Crippen molar-refractivity contribution >= 4 is 5.91 Å². The summed E-state index contributed by atoms with van der Waals surface area (Å²) in [7, 11) is 0. The summed E-state index contributed by atoms with van der Waals surface area (Å²) in [6.07, 6.45) is 3.41. The van der Waals surface area contributed by atoms with Gasteiger partial charge in [0, 0.05) is 6.04 Å². The smallest absolute Gasteiger partial charge is 0.293 e. The van der Waals surface area contributed by atoms with Gasteiger partial charge in [-0.1, -0.05) is 20.3 Å². The molecule has 0 spiro atoms. The highest BCUT2D eigenvalue weighted by molar-refractivity contribution is 5.90. The van der Waals surface area contributed by atoms with Crippen molar-refractivity contribution in [2.24, 2.45) is 11.8 Å². The third kappa shape index (κ3) is 2.05. The molecule has 3 atom stereocenters. The van der Waals surface area contributed by atoms with E-state index in [0.29, 0.717) is 5.92 Å². The zero-order valence-electron chi connectivity index (χ0n) is 9.60. The molecule has 2 rings (SSSR count). The minimum atomic E-state index is -0.234. The molecule has 1 aliphatic rings. The maximum atomic E-state index is 11.7. The first-order valence-corrected chi connectivity index (χ1v) is 5.76. The van der Waals surface area contributed by atoms with E-state index in [1.807, 2.05) is 0 Å². The van der Waals surface area contributed by atoms with Crippen LogP contribution in [0.25, 0.3) is 0 Å². The lowest BCUT2D eigenvalue weighted by Gasteiger charge is -2.20. The fraction of sp³-hybridized carbons (Fsp3) is 0.800. The quantitative estimate of drug-likeness (QED) is 0.792. The Morgan fingerprint density at radius 3 is 2.94 bits per heavy atom. The molecule has 0 saturated heterocycles. The number of aromatic amines is 1. The monoisotopic (exact) mass is 223 g/mol. The number of carbonyl (C=O) groups excluding carboxylic acids is 1. The van der Waals surface area contributed by atoms with Crippen LogP contribution in [-0.2, 0) is 0 Å². The zero-order valence-corrected chi connectivity index (χ0v) is 9.60. The highest BCUT2D eigenvalue weighted by Crippen LogP contribution is 2.33. The van der Waals surface area contributed by atoms with E-state index in [1.54, 1.807) is 0 Å². The molecule has 16 heavy (non-hydrogen) atoms. The number of nitrogens with one attached hydrogen (secondary N) is 2. The molecule has 2 N–H and O–H groups in total. The van der Waals surface area contributed by atoms with E-state index in [1.165, 1.54) is 12.8 Å². The molecule has 6 heteroatoms. The van der Waals surface area contributed by atoms with Gasteiger partial charge < -0.3 is 5.32 Å². The number of H-pyrrole nitrogens is 1. The van der Waals surface area contributed by atoms with E-state index < -0.39 is 0 Å². The molecule has 1 amide bonds. The lowest BCUT2D eigenvalue weighted by Crippen LogP contribution is -2.38. The molecule has 6 nitrogen and oxygen atoms in total. The van der Waals surface area contributed by atoms with Gasteiger partial charge in [-0.2, -0.15) is 5.21 Å². The normalized spacial score (nSPS) is 29.2. The number of amides is 1. The molecule has 1 aromatic rings. The van der Waals surface area contributed by atoms with Gasteiger partial charge in [0.1, 0.15) is 0 Å². The Labute approximate surface area is 94.2 Å². The van der Waals surface area contributed by atoms with Gasteiger partial charge in [0.15, 0.2) is 0 Å². The number of tetrazole rings is 1. The third-order valence-electron chi connectivity index (χ3n) is 3.62. The molecule has 0 bridgehead atoms. The van der Waals surface area contributed by atoms with Gasteiger partial charge in [-0.05, 0) is 29.9 Å². The van der Waals surface area contributed by atoms with Crippen molar-refractivity contribution in [1.29, 1.82) is 0 Å². The van der Waals surface area contributed by atoms with Crippen LogP contribution in [0, 0.1) is 11.8 Å². The van der Waals surface area contributed by atoms with Gasteiger partial charge in [-0.15, -0.1) is 10.2 Å². The Bertz CT molecular complexity index is 350. The van der Waals surface area contributed by atoms with Crippen LogP contribution >= 0.6 is 0 Å². The lowest BCUT2D eigenvalue weighted by molar-refractivity contribution is 0.0916. The van der Waals surface area contributed by atoms with Crippen LogP contribution in [0.2, 0.25) is 0 Å². The van der Waals surface area contributed by atoms with E-state index >= 15 is 0 Å². The van der Waals surface area contributed by atoms with Crippen molar-refractivity contribution in [1.82, 2.24) is 25.9 Å². The fourth-order valence-electron chi connectivity index (χ4n) is 2.52. The zero-order chi connectivity index (χ0) is 11.5. The van der Waals surface area contributed by atoms with E-state index in [2.05, 4.69) is 39.8 Å². The summed E-state index contributed by atoms with van der Waals surface area (Å²) in [4.78, 5) is 11.7. The molecule has 0 aromatic carbocycles. The summed E-state index contributed by atoms with van der Waals surface area (Å²) in [6, 6.07) is 0.246. The van der Waals surface area contributed by atoms with Gasteiger partial charge in [0.25, 0.3) is 11.7 Å². The van der Waals surface area contributed by atoms with Gasteiger partial charge in [0.2, 0.25) is 0 Å². The maximum absolute atomic E-state index is 11.7. The summed E-state index contributed by atoms with van der Waals surface area (Å²) >= 11 is 0. The second-order valence-corrected chi connectivity index (χ2v) is 4.42. The molecular weight excluding hydrogens is 206 g/mol. The summed E-state index contributed by atoms with van der Waals surface area (Å²) in [5, 5.41) is 15.9. The predicted octanol–water partition coefficient (Wildman–Crippen LogP) is 0.754. The third-order valence-corrected chi connectivity index (χ3v) is 3.62. The average molecular weight is 223 g/mol. The first kappa shape index (κ1) is 11.0. The van der Waals surface area contributed by atoms with Crippen LogP contribution in [-0.4, -0.2) is 32.6 Å². The Morgan fingerprint density at radius 1 is 1.56 bits per heavy atom. The molecule has 88 valence electrons. The van der Waals surface area contributed by atoms with Crippen molar-refractivity contribution in [3.05, 3.63) is 5.82 Å². The van der Waals surface area contributed by atoms with E-state index in [0.717, 1.165) is 12.3 Å². The average Bonchev–Trinajstić information content (AvgIpc) is 2.89. The number of rotatable bonds is 3. The summed E-state index contributed by atoms with van der Waals surface area (Å²) in [5.41, 5.74) is 0. The Kier molecular flexibility index (Phi) is 3.17. The molecular formula is C10H17N5O.